The van der Waals surface area contributed by atoms with Crippen molar-refractivity contribution in [2.24, 2.45) is 0 Å². The monoisotopic (exact) mass is 914 g/mol. The molecule has 6 aromatic rings. The number of hydrogen-bond donors (Lipinski definition) is 2. The first kappa shape index (κ1) is 47.3. The maximum Gasteiger partial charge on any atom is 0.127 e. The summed E-state index contributed by atoms with van der Waals surface area (Å²) in [6.45, 7) is 22.3. The minimum Gasteiger partial charge on any atom is -0.872 e. The van der Waals surface area contributed by atoms with E-state index in [0.29, 0.717) is 29.3 Å². The molecular weight excluding hydrogens is 848 g/mol. The largest absolute Gasteiger partial charge is 0.872 e. The van der Waals surface area contributed by atoms with E-state index in [1.807, 2.05) is 42.5 Å². The van der Waals surface area contributed by atoms with Crippen LogP contribution in [0.1, 0.15) is 139 Å². The quantitative estimate of drug-likeness (QED) is 0.159. The van der Waals surface area contributed by atoms with Gasteiger partial charge >= 0.3 is 315 Å². The summed E-state index contributed by atoms with van der Waals surface area (Å²) in [6, 6.07) is 46.2. The molecule has 0 aromatic heterocycles. The molecule has 1 heterocycles. The van der Waals surface area contributed by atoms with Crippen LogP contribution in [0.2, 0.25) is 0 Å². The average molecular weight is 915 g/mol. The fourth-order valence-corrected chi connectivity index (χ4v) is 10.4. The number of aromatic hydroxyl groups is 2. The number of nitrogens with zero attached hydrogens (tertiary/aromatic N) is 2. The number of rotatable bonds is 8. The van der Waals surface area contributed by atoms with Crippen LogP contribution in [0, 0.1) is 0 Å². The predicted molar refractivity (Wildman–Crippen MR) is 260 cm³/mol. The predicted octanol–water partition coefficient (Wildman–Crippen LogP) is 12.7. The van der Waals surface area contributed by atoms with Crippen molar-refractivity contribution in [3.8, 4) is 28.7 Å². The second kappa shape index (κ2) is 19.1. The Labute approximate surface area is 394 Å². The molecule has 0 bridgehead atoms. The van der Waals surface area contributed by atoms with Crippen LogP contribution in [-0.2, 0) is 36.8 Å². The van der Waals surface area contributed by atoms with E-state index in [1.165, 1.54) is 47.2 Å². The van der Waals surface area contributed by atoms with Crippen molar-refractivity contribution in [2.75, 3.05) is 0 Å². The molecule has 2 aliphatic rings. The third-order valence-electron chi connectivity index (χ3n) is 13.1. The maximum absolute atomic E-state index is 12.1. The van der Waals surface area contributed by atoms with Gasteiger partial charge in [-0.2, -0.15) is 0 Å². The first-order valence-electron chi connectivity index (χ1n) is 23.0. The van der Waals surface area contributed by atoms with Crippen LogP contribution in [0.4, 0.5) is 0 Å². The number of para-hydroxylation sites is 1. The standard InChI is InChI=1S/C46H58N2O2.C12H10O2.Co/c1-43(2,3)35-25-31(41(49)37(27-35)45(7,8)33-19-13-11-14-20-33)29-47-39-23-17-18-24-40(39)48-30-32-26-36(44(4,5)6)28-38(42(32)50)46(9,10)34-21-15-12-16-22-34;13-10-6-8-12(9-7-10)14-11-4-2-1-3-5-11;/h11-16,19-22,25-30,39-40,49-50H,17-18,23-24H2,1-10H3;1-9,13H;/q;;+2/p-1/t39-,40-;;/m1../s1. The summed E-state index contributed by atoms with van der Waals surface area (Å²) < 4.78 is 10.3. The van der Waals surface area contributed by atoms with Gasteiger partial charge in [0.1, 0.15) is 11.5 Å². The van der Waals surface area contributed by atoms with Gasteiger partial charge in [-0.25, -0.2) is 0 Å². The molecule has 6 aromatic carbocycles. The summed E-state index contributed by atoms with van der Waals surface area (Å²) in [6.07, 6.45) is 8.99. The Morgan fingerprint density at radius 2 is 0.877 bits per heavy atom. The molecule has 0 radical (unpaired) electrons. The molecule has 1 saturated carbocycles. The van der Waals surface area contributed by atoms with Gasteiger partial charge in [0.25, 0.3) is 0 Å². The van der Waals surface area contributed by atoms with Crippen molar-refractivity contribution in [1.82, 2.24) is 0 Å². The molecular formula is C58H67CoN2O4+. The van der Waals surface area contributed by atoms with Gasteiger partial charge in [-0.05, 0) is 24.3 Å². The molecule has 1 aliphatic carbocycles. The van der Waals surface area contributed by atoms with Gasteiger partial charge in [-0.1, -0.05) is 30.3 Å². The molecule has 1 aliphatic heterocycles. The van der Waals surface area contributed by atoms with Gasteiger partial charge in [0.2, 0.25) is 0 Å². The van der Waals surface area contributed by atoms with Crippen LogP contribution in [0.3, 0.4) is 0 Å². The van der Waals surface area contributed by atoms with Crippen molar-refractivity contribution < 1.29 is 42.4 Å². The Morgan fingerprint density at radius 3 is 1.26 bits per heavy atom. The van der Waals surface area contributed by atoms with Crippen molar-refractivity contribution in [3.05, 3.63) is 184 Å². The van der Waals surface area contributed by atoms with E-state index >= 15 is 0 Å². The summed E-state index contributed by atoms with van der Waals surface area (Å²) in [4.78, 5) is 0. The molecule has 0 spiro atoms. The molecule has 6 nitrogen and oxygen atoms in total. The number of ether oxygens (including phenoxy) is 1. The molecule has 2 fully saturated rings. The van der Waals surface area contributed by atoms with Crippen molar-refractivity contribution >= 4 is 12.4 Å². The Morgan fingerprint density at radius 1 is 0.508 bits per heavy atom. The summed E-state index contributed by atoms with van der Waals surface area (Å²) >= 11 is 1.07. The first-order valence-corrected chi connectivity index (χ1v) is 23.9. The molecule has 2 N–H and O–H groups in total. The van der Waals surface area contributed by atoms with Gasteiger partial charge < -0.3 is 9.84 Å². The third kappa shape index (κ3) is 10.7. The van der Waals surface area contributed by atoms with Crippen LogP contribution >= 0.6 is 0 Å². The van der Waals surface area contributed by atoms with E-state index in [0.717, 1.165) is 56.0 Å². The van der Waals surface area contributed by atoms with Crippen LogP contribution < -0.4 is 9.84 Å². The average Bonchev–Trinajstić information content (AvgIpc) is 3.62. The van der Waals surface area contributed by atoms with E-state index in [1.54, 1.807) is 12.1 Å². The molecule has 1 saturated heterocycles. The zero-order valence-electron chi connectivity index (χ0n) is 39.9. The van der Waals surface area contributed by atoms with Gasteiger partial charge in [0.15, 0.2) is 0 Å². The Hall–Kier alpha value is -5.63. The Kier molecular flexibility index (Phi) is 13.9. The summed E-state index contributed by atoms with van der Waals surface area (Å²) in [5.74, 6) is 2.14. The summed E-state index contributed by atoms with van der Waals surface area (Å²) in [5, 5.41) is 34.9. The topological polar surface area (TPSA) is 78.8 Å². The SMILES string of the molecule is CC(C)(C)c1cc(C=[N+]2[Co][N+](=Cc3cc(C(C)(C)C)cc(C(C)(C)c4ccccc4)c3O)[C@@H]3CCCC[C@H]32)c(O)c(C(C)(C)c2ccccc2)c1.[O-]c1ccc(Oc2ccccc2)cc1. The number of hydrogen-bond acceptors (Lipinski definition) is 4. The van der Waals surface area contributed by atoms with Crippen LogP contribution in [0.5, 0.6) is 28.7 Å². The van der Waals surface area contributed by atoms with Crippen LogP contribution in [0.15, 0.2) is 140 Å². The Balaban J connectivity index is 0.000000381. The molecule has 0 amide bonds. The Bertz CT molecular complexity index is 2500. The molecule has 2 atom stereocenters. The number of phenolic OH excluding ortho intramolecular Hbond substituents is 2. The van der Waals surface area contributed by atoms with Gasteiger partial charge in [0.05, 0.1) is 0 Å². The molecule has 341 valence electrons. The number of benzene rings is 6. The van der Waals surface area contributed by atoms with E-state index in [2.05, 4.69) is 162 Å². The van der Waals surface area contributed by atoms with Crippen molar-refractivity contribution in [3.63, 3.8) is 0 Å². The minimum absolute atomic E-state index is 0.00888. The molecule has 7 heteroatoms. The van der Waals surface area contributed by atoms with E-state index in [-0.39, 0.29) is 27.4 Å². The summed E-state index contributed by atoms with van der Waals surface area (Å²) in [7, 11) is 0. The van der Waals surface area contributed by atoms with E-state index in [9.17, 15) is 15.3 Å². The van der Waals surface area contributed by atoms with E-state index < -0.39 is 0 Å². The van der Waals surface area contributed by atoms with Crippen molar-refractivity contribution in [2.45, 2.75) is 129 Å². The smallest absolute Gasteiger partial charge is 0.127 e. The number of phenols is 2. The molecule has 0 unspecified atom stereocenters. The fourth-order valence-electron chi connectivity index (χ4n) is 8.79. The molecule has 8 rings (SSSR count). The van der Waals surface area contributed by atoms with Gasteiger partial charge in [0, 0.05) is 0 Å². The normalized spacial score (nSPS) is 18.1. The minimum atomic E-state index is -0.383. The zero-order valence-corrected chi connectivity index (χ0v) is 40.9. The number of fused-ring (bicyclic) bond motifs is 1. The van der Waals surface area contributed by atoms with E-state index in [4.69, 9.17) is 4.74 Å². The molecule has 65 heavy (non-hydrogen) atoms. The van der Waals surface area contributed by atoms with Gasteiger partial charge in [-0.15, -0.1) is 5.75 Å². The maximum atomic E-state index is 12.1. The first-order chi connectivity index (χ1) is 30.7. The fraction of sp³-hybridized carbons (Fsp3) is 0.345. The second-order valence-corrected chi connectivity index (χ2v) is 22.0. The van der Waals surface area contributed by atoms with Gasteiger partial charge in [-0.3, -0.25) is 0 Å². The van der Waals surface area contributed by atoms with Crippen molar-refractivity contribution in [1.29, 1.82) is 0 Å². The zero-order chi connectivity index (χ0) is 46.7. The third-order valence-corrected chi connectivity index (χ3v) is 14.6. The van der Waals surface area contributed by atoms with Crippen LogP contribution in [-0.4, -0.2) is 42.0 Å². The second-order valence-electron chi connectivity index (χ2n) is 20.7. The van der Waals surface area contributed by atoms with Crippen LogP contribution in [0.25, 0.3) is 0 Å². The summed E-state index contributed by atoms with van der Waals surface area (Å²) in [5.41, 5.74) is 7.46.